The highest BCUT2D eigenvalue weighted by molar-refractivity contribution is 6.30. The Kier molecular flexibility index (Phi) is 5.62. The van der Waals surface area contributed by atoms with Crippen LogP contribution in [0.5, 0.6) is 11.5 Å². The van der Waals surface area contributed by atoms with E-state index in [2.05, 4.69) is 17.1 Å². The van der Waals surface area contributed by atoms with E-state index < -0.39 is 6.09 Å². The highest BCUT2D eigenvalue weighted by Crippen LogP contribution is 2.34. The molecule has 32 heavy (non-hydrogen) atoms. The first-order valence-corrected chi connectivity index (χ1v) is 11.3. The SMILES string of the molecule is COc1ccc([C@H]2c3[nH]c4c(c3CCN2C(=O)Oc2ccc(Cl)cc2)=CC(Cl)CC=4)cc1. The van der Waals surface area contributed by atoms with Crippen LogP contribution >= 0.6 is 23.2 Å². The summed E-state index contributed by atoms with van der Waals surface area (Å²) >= 11 is 12.4. The van der Waals surface area contributed by atoms with Gasteiger partial charge in [-0.3, -0.25) is 4.90 Å². The fourth-order valence-electron chi connectivity index (χ4n) is 4.44. The van der Waals surface area contributed by atoms with Gasteiger partial charge in [-0.2, -0.15) is 0 Å². The van der Waals surface area contributed by atoms with Gasteiger partial charge < -0.3 is 14.5 Å². The number of carbonyl (C=O) groups excluding carboxylic acids is 1. The van der Waals surface area contributed by atoms with Gasteiger partial charge in [-0.25, -0.2) is 4.79 Å². The van der Waals surface area contributed by atoms with E-state index in [4.69, 9.17) is 32.7 Å². The van der Waals surface area contributed by atoms with E-state index >= 15 is 0 Å². The summed E-state index contributed by atoms with van der Waals surface area (Å²) in [4.78, 5) is 18.6. The lowest BCUT2D eigenvalue weighted by Crippen LogP contribution is -2.43. The summed E-state index contributed by atoms with van der Waals surface area (Å²) < 4.78 is 11.0. The Labute approximate surface area is 195 Å². The number of alkyl halides is 1. The van der Waals surface area contributed by atoms with E-state index in [1.807, 2.05) is 24.3 Å². The van der Waals surface area contributed by atoms with E-state index in [0.29, 0.717) is 17.3 Å². The number of nitrogens with zero attached hydrogens (tertiary/aromatic N) is 1. The Hall–Kier alpha value is -2.89. The number of carbonyl (C=O) groups is 1. The normalized spacial score (nSPS) is 19.3. The number of nitrogens with one attached hydrogen (secondary N) is 1. The molecule has 2 aromatic carbocycles. The molecule has 0 bridgehead atoms. The fourth-order valence-corrected chi connectivity index (χ4v) is 4.78. The van der Waals surface area contributed by atoms with Gasteiger partial charge in [0.1, 0.15) is 17.5 Å². The van der Waals surface area contributed by atoms with Crippen LogP contribution in [-0.2, 0) is 6.42 Å². The summed E-state index contributed by atoms with van der Waals surface area (Å²) in [5.41, 5.74) is 3.18. The average Bonchev–Trinajstić information content (AvgIpc) is 3.18. The van der Waals surface area contributed by atoms with E-state index in [0.717, 1.165) is 40.4 Å². The second kappa shape index (κ2) is 8.57. The third-order valence-electron chi connectivity index (χ3n) is 5.98. The van der Waals surface area contributed by atoms with Gasteiger partial charge in [0.05, 0.1) is 12.5 Å². The van der Waals surface area contributed by atoms with Crippen molar-refractivity contribution in [3.8, 4) is 11.5 Å². The van der Waals surface area contributed by atoms with E-state index in [1.165, 1.54) is 5.56 Å². The lowest BCUT2D eigenvalue weighted by molar-refractivity contribution is 0.135. The van der Waals surface area contributed by atoms with E-state index in [1.54, 1.807) is 36.3 Å². The molecule has 5 rings (SSSR count). The molecule has 0 saturated heterocycles. The second-order valence-electron chi connectivity index (χ2n) is 7.91. The number of amides is 1. The summed E-state index contributed by atoms with van der Waals surface area (Å²) in [6.45, 7) is 0.529. The molecule has 1 aliphatic carbocycles. The maximum atomic E-state index is 13.3. The Morgan fingerprint density at radius 3 is 2.53 bits per heavy atom. The van der Waals surface area contributed by atoms with Crippen LogP contribution < -0.4 is 20.0 Å². The van der Waals surface area contributed by atoms with Gasteiger partial charge in [0, 0.05) is 27.8 Å². The first-order chi connectivity index (χ1) is 15.5. The number of halogens is 2. The molecule has 2 aliphatic rings. The Bertz CT molecular complexity index is 1270. The molecular weight excluding hydrogens is 447 g/mol. The summed E-state index contributed by atoms with van der Waals surface area (Å²) in [5, 5.41) is 2.79. The van der Waals surface area contributed by atoms with Gasteiger partial charge in [0.2, 0.25) is 0 Å². The number of hydrogen-bond acceptors (Lipinski definition) is 3. The van der Waals surface area contributed by atoms with Crippen molar-refractivity contribution < 1.29 is 14.3 Å². The molecule has 3 aromatic rings. The monoisotopic (exact) mass is 468 g/mol. The lowest BCUT2D eigenvalue weighted by Gasteiger charge is -2.35. The van der Waals surface area contributed by atoms with Crippen molar-refractivity contribution in [1.29, 1.82) is 0 Å². The van der Waals surface area contributed by atoms with Gasteiger partial charge in [-0.1, -0.05) is 35.9 Å². The Balaban J connectivity index is 1.57. The third-order valence-corrected chi connectivity index (χ3v) is 6.53. The maximum absolute atomic E-state index is 13.3. The zero-order valence-electron chi connectivity index (χ0n) is 17.5. The Morgan fingerprint density at radius 1 is 1.09 bits per heavy atom. The summed E-state index contributed by atoms with van der Waals surface area (Å²) in [7, 11) is 1.64. The molecule has 1 aromatic heterocycles. The van der Waals surface area contributed by atoms with Crippen LogP contribution in [0.1, 0.15) is 29.3 Å². The minimum absolute atomic E-state index is 0.0188. The van der Waals surface area contributed by atoms with Crippen molar-refractivity contribution in [2.24, 2.45) is 0 Å². The molecule has 1 amide bonds. The molecule has 0 fully saturated rings. The van der Waals surface area contributed by atoms with Crippen LogP contribution in [0.25, 0.3) is 12.2 Å². The van der Waals surface area contributed by atoms with E-state index in [-0.39, 0.29) is 11.4 Å². The molecule has 164 valence electrons. The fraction of sp³-hybridized carbons (Fsp3) is 0.240. The van der Waals surface area contributed by atoms with Crippen molar-refractivity contribution in [1.82, 2.24) is 9.88 Å². The predicted molar refractivity (Wildman–Crippen MR) is 126 cm³/mol. The number of H-pyrrole nitrogens is 1. The molecule has 2 heterocycles. The number of aromatic nitrogens is 1. The first-order valence-electron chi connectivity index (χ1n) is 10.5. The van der Waals surface area contributed by atoms with Crippen LogP contribution in [-0.4, -0.2) is 35.0 Å². The standard InChI is InChI=1S/C25H22Cl2N2O3/c1-31-18-7-2-15(3-8-18)24-23-20(21-14-17(27)6-11-22(21)28-23)12-13-29(24)25(30)32-19-9-4-16(26)5-10-19/h2-5,7-11,14,17,24,28H,6,12-13H2,1H3/t17?,24-/m0/s1. The minimum atomic E-state index is -0.408. The summed E-state index contributed by atoms with van der Waals surface area (Å²) in [6, 6.07) is 14.2. The van der Waals surface area contributed by atoms with Crippen LogP contribution in [0.4, 0.5) is 4.79 Å². The second-order valence-corrected chi connectivity index (χ2v) is 8.91. The topological polar surface area (TPSA) is 54.6 Å². The minimum Gasteiger partial charge on any atom is -0.497 e. The van der Waals surface area contributed by atoms with Gasteiger partial charge in [0.25, 0.3) is 0 Å². The van der Waals surface area contributed by atoms with E-state index in [9.17, 15) is 4.79 Å². The number of methoxy groups -OCH3 is 1. The van der Waals surface area contributed by atoms with Crippen LogP contribution in [0.2, 0.25) is 5.02 Å². The lowest BCUT2D eigenvalue weighted by atomic mass is 9.92. The molecule has 1 aliphatic heterocycles. The smallest absolute Gasteiger partial charge is 0.416 e. The van der Waals surface area contributed by atoms with Crippen molar-refractivity contribution in [2.75, 3.05) is 13.7 Å². The van der Waals surface area contributed by atoms with Crippen molar-refractivity contribution in [3.63, 3.8) is 0 Å². The largest absolute Gasteiger partial charge is 0.497 e. The third kappa shape index (κ3) is 3.87. The molecule has 0 spiro atoms. The first kappa shape index (κ1) is 21.0. The zero-order valence-corrected chi connectivity index (χ0v) is 19.0. The maximum Gasteiger partial charge on any atom is 0.416 e. The quantitative estimate of drug-likeness (QED) is 0.579. The van der Waals surface area contributed by atoms with Crippen LogP contribution in [0.3, 0.4) is 0 Å². The molecule has 0 radical (unpaired) electrons. The molecule has 7 heteroatoms. The highest BCUT2D eigenvalue weighted by atomic mass is 35.5. The van der Waals surface area contributed by atoms with Crippen LogP contribution in [0, 0.1) is 0 Å². The molecule has 5 nitrogen and oxygen atoms in total. The molecule has 2 atom stereocenters. The molecule has 0 saturated carbocycles. The number of aromatic amines is 1. The van der Waals surface area contributed by atoms with Gasteiger partial charge in [-0.15, -0.1) is 11.6 Å². The summed E-state index contributed by atoms with van der Waals surface area (Å²) in [6.07, 6.45) is 5.33. The number of benzene rings is 2. The number of rotatable bonds is 3. The molecular formula is C25H22Cl2N2O3. The summed E-state index contributed by atoms with van der Waals surface area (Å²) in [5.74, 6) is 1.22. The predicted octanol–water partition coefficient (Wildman–Crippen LogP) is 4.40. The van der Waals surface area contributed by atoms with Crippen molar-refractivity contribution in [2.45, 2.75) is 24.3 Å². The highest BCUT2D eigenvalue weighted by Gasteiger charge is 2.35. The average molecular weight is 469 g/mol. The van der Waals surface area contributed by atoms with Gasteiger partial charge in [0.15, 0.2) is 0 Å². The zero-order chi connectivity index (χ0) is 22.2. The number of fused-ring (bicyclic) bond motifs is 3. The van der Waals surface area contributed by atoms with Gasteiger partial charge in [-0.05, 0) is 60.4 Å². The van der Waals surface area contributed by atoms with Crippen LogP contribution in [0.15, 0.2) is 48.5 Å². The molecule has 1 unspecified atom stereocenters. The number of ether oxygens (including phenoxy) is 2. The van der Waals surface area contributed by atoms with Crippen molar-refractivity contribution >= 4 is 41.4 Å². The Morgan fingerprint density at radius 2 is 1.81 bits per heavy atom. The molecule has 1 N–H and O–H groups in total. The van der Waals surface area contributed by atoms with Gasteiger partial charge >= 0.3 is 6.09 Å². The number of hydrogen-bond donors (Lipinski definition) is 1. The van der Waals surface area contributed by atoms with Crippen molar-refractivity contribution in [3.05, 3.63) is 80.9 Å².